The van der Waals surface area contributed by atoms with Crippen LogP contribution in [0.15, 0.2) is 0 Å². The first kappa shape index (κ1) is 16.2. The van der Waals surface area contributed by atoms with Crippen molar-refractivity contribution < 1.29 is 27.5 Å². The average Bonchev–Trinajstić information content (AvgIpc) is 1.00. The normalized spacial score (nSPS) is 0.750. The summed E-state index contributed by atoms with van der Waals surface area (Å²) in [5, 5.41) is 0. The molecule has 1 nitrogen and oxygen atoms in total. The van der Waals surface area contributed by atoms with E-state index < -0.39 is 0 Å². The molecule has 0 aromatic heterocycles. The quantitative estimate of drug-likeness (QED) is 0.455. The van der Waals surface area contributed by atoms with Gasteiger partial charge in [-0.2, -0.15) is 0 Å². The summed E-state index contributed by atoms with van der Waals surface area (Å²) in [4.78, 5) is 0. The van der Waals surface area contributed by atoms with Crippen LogP contribution in [0.2, 0.25) is 0 Å². The molecule has 4 heavy (non-hydrogen) atoms. The van der Waals surface area contributed by atoms with Gasteiger partial charge in [0.25, 0.3) is 0 Å². The molecule has 0 aliphatic carbocycles. The van der Waals surface area contributed by atoms with Gasteiger partial charge in [-0.3, -0.25) is 0 Å². The van der Waals surface area contributed by atoms with Crippen molar-refractivity contribution in [3.8, 4) is 0 Å². The average molecular weight is 346 g/mol. The van der Waals surface area contributed by atoms with Crippen LogP contribution >= 0.6 is 0 Å². The third-order valence-electron chi connectivity index (χ3n) is 0. The van der Waals surface area contributed by atoms with E-state index in [2.05, 4.69) is 0 Å². The van der Waals surface area contributed by atoms with Gasteiger partial charge in [0.1, 0.15) is 0 Å². The van der Waals surface area contributed by atoms with E-state index in [0.717, 1.165) is 0 Å². The fraction of sp³-hybridized carbons (Fsp3) is 0. The molecule has 0 amide bonds. The first-order valence-corrected chi connectivity index (χ1v) is 1.21. The van der Waals surface area contributed by atoms with Crippen LogP contribution in [0.3, 0.4) is 0 Å². The Labute approximate surface area is 75.9 Å². The van der Waals surface area contributed by atoms with Gasteiger partial charge in [0.05, 0.1) is 0 Å². The van der Waals surface area contributed by atoms with E-state index in [4.69, 9.17) is 2.81 Å². The van der Waals surface area contributed by atoms with E-state index in [0.29, 0.717) is 24.7 Å². The van der Waals surface area contributed by atoms with E-state index in [9.17, 15) is 0 Å². The minimum atomic E-state index is 0. The van der Waals surface area contributed by atoms with Gasteiger partial charge in [0, 0.05) is 0 Å². The molecular weight excluding hydrogens is 341 g/mol. The Morgan fingerprint density at radius 1 is 1.25 bits per heavy atom. The zero-order valence-electron chi connectivity index (χ0n) is 1.62. The summed E-state index contributed by atoms with van der Waals surface area (Å²) in [5.41, 5.74) is 0. The summed E-state index contributed by atoms with van der Waals surface area (Å²) < 4.78 is 8.34. The molecule has 0 rings (SSSR count). The second-order valence-electron chi connectivity index (χ2n) is 0. The molecule has 22 valence electrons. The molecule has 0 heterocycles. The van der Waals surface area contributed by atoms with E-state index in [-0.39, 0.29) is 49.8 Å². The number of rotatable bonds is 0. The van der Waals surface area contributed by atoms with Crippen molar-refractivity contribution in [1.29, 1.82) is 0 Å². The summed E-state index contributed by atoms with van der Waals surface area (Å²) >= 11 is 0.300. The second kappa shape index (κ2) is 18.3. The molecule has 0 aliphatic heterocycles. The first-order valence-electron chi connectivity index (χ1n) is 0.204. The van der Waals surface area contributed by atoms with Gasteiger partial charge >= 0.3 is 77.3 Å². The van der Waals surface area contributed by atoms with Gasteiger partial charge in [-0.05, 0) is 0 Å². The second-order valence-corrected chi connectivity index (χ2v) is 0. The Kier molecular flexibility index (Phi) is 74.2. The standard InChI is InChI=1S/In.O.Sn.Zr.5H. The Bertz CT molecular complexity index is 8.00. The fourth-order valence-corrected chi connectivity index (χ4v) is 0. The minimum absolute atomic E-state index is 0. The van der Waals surface area contributed by atoms with E-state index in [1.807, 2.05) is 0 Å². The van der Waals surface area contributed by atoms with Crippen molar-refractivity contribution in [3.05, 3.63) is 0 Å². The summed E-state index contributed by atoms with van der Waals surface area (Å²) in [6, 6.07) is 0. The van der Waals surface area contributed by atoms with Crippen molar-refractivity contribution in [2.24, 2.45) is 0 Å². The SMILES string of the molecule is [InH3].[O]=[Zr].[SnH2]. The van der Waals surface area contributed by atoms with Crippen LogP contribution in [-0.2, 0) is 27.5 Å². The molecule has 0 fully saturated rings. The molecule has 0 aromatic carbocycles. The Morgan fingerprint density at radius 3 is 1.25 bits per heavy atom. The monoisotopic (exact) mass is 346 g/mol. The zero-order chi connectivity index (χ0) is 2.00. The van der Waals surface area contributed by atoms with Crippen LogP contribution in [0.4, 0.5) is 0 Å². The van der Waals surface area contributed by atoms with Crippen LogP contribution in [0, 0.1) is 0 Å². The number of hydrogen-bond donors (Lipinski definition) is 0. The molecule has 4 heteroatoms. The molecule has 2 radical (unpaired) electrons. The molecule has 0 atom stereocenters. The molecule has 0 saturated carbocycles. The van der Waals surface area contributed by atoms with Crippen molar-refractivity contribution in [2.75, 3.05) is 0 Å². The van der Waals surface area contributed by atoms with E-state index in [1.54, 1.807) is 0 Å². The Hall–Kier alpha value is 2.35. The van der Waals surface area contributed by atoms with Crippen LogP contribution in [0.25, 0.3) is 0 Å². The third kappa shape index (κ3) is 8.84. The predicted molar refractivity (Wildman–Crippen MR) is 19.2 cm³/mol. The van der Waals surface area contributed by atoms with Gasteiger partial charge < -0.3 is 0 Å². The molecule has 0 aromatic rings. The van der Waals surface area contributed by atoms with Gasteiger partial charge in [-0.1, -0.05) is 0 Å². The van der Waals surface area contributed by atoms with Gasteiger partial charge in [-0.15, -0.1) is 0 Å². The van der Waals surface area contributed by atoms with Crippen LogP contribution < -0.4 is 0 Å². The fourth-order valence-electron chi connectivity index (χ4n) is 0. The summed E-state index contributed by atoms with van der Waals surface area (Å²) in [6.45, 7) is 0. The summed E-state index contributed by atoms with van der Waals surface area (Å²) in [7, 11) is 0. The molecule has 0 unspecified atom stereocenters. The van der Waals surface area contributed by atoms with Gasteiger partial charge in [-0.25, -0.2) is 0 Å². The van der Waals surface area contributed by atoms with E-state index in [1.165, 1.54) is 0 Å². The summed E-state index contributed by atoms with van der Waals surface area (Å²) in [6.07, 6.45) is 0. The zero-order valence-corrected chi connectivity index (χ0v) is 8.11. The van der Waals surface area contributed by atoms with Gasteiger partial charge in [0.2, 0.25) is 0 Å². The summed E-state index contributed by atoms with van der Waals surface area (Å²) in [5.74, 6) is 0. The molecule has 0 spiro atoms. The van der Waals surface area contributed by atoms with Crippen molar-refractivity contribution >= 4 is 49.8 Å². The van der Waals surface area contributed by atoms with Crippen molar-refractivity contribution in [1.82, 2.24) is 0 Å². The van der Waals surface area contributed by atoms with Crippen LogP contribution in [0.1, 0.15) is 0 Å². The molecule has 0 N–H and O–H groups in total. The Morgan fingerprint density at radius 2 is 1.25 bits per heavy atom. The topological polar surface area (TPSA) is 17.1 Å². The molecular formula is H5InOSnZr. The van der Waals surface area contributed by atoms with Crippen LogP contribution in [0.5, 0.6) is 0 Å². The first-order chi connectivity index (χ1) is 1.00. The number of hydrogen-bond acceptors (Lipinski definition) is 1. The molecule has 0 aliphatic rings. The Balaban J connectivity index is -0.00000000500. The molecule has 0 bridgehead atoms. The molecule has 0 saturated heterocycles. The van der Waals surface area contributed by atoms with Crippen molar-refractivity contribution in [3.63, 3.8) is 0 Å². The maximum atomic E-state index is 8.34. The van der Waals surface area contributed by atoms with Gasteiger partial charge in [0.15, 0.2) is 0 Å². The van der Waals surface area contributed by atoms with Crippen molar-refractivity contribution in [2.45, 2.75) is 0 Å². The maximum absolute atomic E-state index is 8.34. The van der Waals surface area contributed by atoms with E-state index >= 15 is 0 Å². The van der Waals surface area contributed by atoms with Crippen LogP contribution in [-0.4, -0.2) is 49.8 Å². The predicted octanol–water partition coefficient (Wildman–Crippen LogP) is -2.22. The third-order valence-corrected chi connectivity index (χ3v) is 0.